The molecule has 1 aliphatic carbocycles. The van der Waals surface area contributed by atoms with Crippen molar-refractivity contribution in [2.45, 2.75) is 90.9 Å². The molecule has 0 atom stereocenters. The summed E-state index contributed by atoms with van der Waals surface area (Å²) in [6, 6.07) is 4.35. The van der Waals surface area contributed by atoms with E-state index in [1.54, 1.807) is 0 Å². The normalized spacial score (nSPS) is 18.6. The second kappa shape index (κ2) is 6.71. The van der Waals surface area contributed by atoms with E-state index in [1.165, 1.54) is 24.8 Å². The zero-order valence-corrected chi connectivity index (χ0v) is 16.5. The van der Waals surface area contributed by atoms with Crippen LogP contribution in [0, 0.1) is 5.41 Å². The van der Waals surface area contributed by atoms with Gasteiger partial charge in [-0.1, -0.05) is 72.9 Å². The minimum atomic E-state index is -0.0982. The summed E-state index contributed by atoms with van der Waals surface area (Å²) in [5.41, 5.74) is 3.14. The zero-order chi connectivity index (χ0) is 18.2. The number of phenolic OH excluding ortho intramolecular Hbond substituents is 1. The largest absolute Gasteiger partial charge is 0.507 e. The third-order valence-electron chi connectivity index (χ3n) is 5.61. The summed E-state index contributed by atoms with van der Waals surface area (Å²) >= 11 is 0. The molecule has 136 valence electrons. The van der Waals surface area contributed by atoms with Gasteiger partial charge >= 0.3 is 0 Å². The molecule has 2 nitrogen and oxygen atoms in total. The summed E-state index contributed by atoms with van der Waals surface area (Å²) in [5, 5.41) is 20.9. The topological polar surface area (TPSA) is 40.5 Å². The number of aromatic hydroxyl groups is 1. The Balaban J connectivity index is 2.50. The number of hydrogen-bond acceptors (Lipinski definition) is 2. The molecule has 24 heavy (non-hydrogen) atoms. The van der Waals surface area contributed by atoms with Gasteiger partial charge in [-0.3, -0.25) is 0 Å². The first-order valence-electron chi connectivity index (χ1n) is 9.46. The summed E-state index contributed by atoms with van der Waals surface area (Å²) in [4.78, 5) is 0. The van der Waals surface area contributed by atoms with E-state index in [0.29, 0.717) is 5.75 Å². The molecule has 1 saturated carbocycles. The number of phenols is 1. The van der Waals surface area contributed by atoms with E-state index in [2.05, 4.69) is 53.7 Å². The van der Waals surface area contributed by atoms with Crippen LogP contribution in [0.25, 0.3) is 0 Å². The third-order valence-corrected chi connectivity index (χ3v) is 5.61. The molecule has 0 bridgehead atoms. The lowest BCUT2D eigenvalue weighted by Gasteiger charge is -2.37. The lowest BCUT2D eigenvalue weighted by molar-refractivity contribution is 0.0823. The molecule has 0 aliphatic heterocycles. The van der Waals surface area contributed by atoms with Crippen LogP contribution >= 0.6 is 0 Å². The Morgan fingerprint density at radius 1 is 0.875 bits per heavy atom. The van der Waals surface area contributed by atoms with Gasteiger partial charge in [0.05, 0.1) is 0 Å². The average Bonchev–Trinajstić information content (AvgIpc) is 2.47. The molecular weight excluding hydrogens is 296 g/mol. The van der Waals surface area contributed by atoms with Crippen molar-refractivity contribution in [2.75, 3.05) is 6.61 Å². The third kappa shape index (κ3) is 4.14. The number of rotatable bonds is 3. The minimum Gasteiger partial charge on any atom is -0.507 e. The fraction of sp³-hybridized carbons (Fsp3) is 0.727. The van der Waals surface area contributed by atoms with Crippen LogP contribution in [-0.4, -0.2) is 16.8 Å². The number of aliphatic hydroxyl groups excluding tert-OH is 1. The highest BCUT2D eigenvalue weighted by Gasteiger charge is 2.33. The molecule has 0 heterocycles. The number of hydrogen-bond donors (Lipinski definition) is 2. The molecule has 1 fully saturated rings. The molecule has 0 unspecified atom stereocenters. The Morgan fingerprint density at radius 3 is 1.71 bits per heavy atom. The molecule has 0 amide bonds. The van der Waals surface area contributed by atoms with Crippen molar-refractivity contribution in [1.82, 2.24) is 0 Å². The Labute approximate surface area is 148 Å². The predicted octanol–water partition coefficient (Wildman–Crippen LogP) is 5.47. The fourth-order valence-electron chi connectivity index (χ4n) is 4.07. The van der Waals surface area contributed by atoms with Crippen LogP contribution in [-0.2, 0) is 17.3 Å². The van der Waals surface area contributed by atoms with Gasteiger partial charge in [0, 0.05) is 6.61 Å². The minimum absolute atomic E-state index is 0.0273. The van der Waals surface area contributed by atoms with E-state index >= 15 is 0 Å². The zero-order valence-electron chi connectivity index (χ0n) is 16.5. The van der Waals surface area contributed by atoms with Crippen molar-refractivity contribution in [3.63, 3.8) is 0 Å². The Bertz CT molecular complexity index is 532. The maximum absolute atomic E-state index is 10.9. The van der Waals surface area contributed by atoms with Crippen molar-refractivity contribution < 1.29 is 10.2 Å². The summed E-state index contributed by atoms with van der Waals surface area (Å²) in [7, 11) is 0. The van der Waals surface area contributed by atoms with E-state index in [4.69, 9.17) is 0 Å². The smallest absolute Gasteiger partial charge is 0.123 e. The van der Waals surface area contributed by atoms with Gasteiger partial charge < -0.3 is 10.2 Å². The fourth-order valence-corrected chi connectivity index (χ4v) is 4.07. The molecule has 0 saturated heterocycles. The van der Waals surface area contributed by atoms with E-state index in [0.717, 1.165) is 30.4 Å². The van der Waals surface area contributed by atoms with Crippen LogP contribution in [0.3, 0.4) is 0 Å². The van der Waals surface area contributed by atoms with Crippen molar-refractivity contribution in [3.8, 4) is 5.75 Å². The highest BCUT2D eigenvalue weighted by Crippen LogP contribution is 2.43. The van der Waals surface area contributed by atoms with Gasteiger partial charge in [-0.25, -0.2) is 0 Å². The summed E-state index contributed by atoms with van der Waals surface area (Å²) in [6.07, 6.45) is 6.86. The monoisotopic (exact) mass is 332 g/mol. The summed E-state index contributed by atoms with van der Waals surface area (Å²) in [5.74, 6) is 0.445. The highest BCUT2D eigenvalue weighted by molar-refractivity contribution is 5.50. The van der Waals surface area contributed by atoms with E-state index in [-0.39, 0.29) is 22.9 Å². The van der Waals surface area contributed by atoms with Crippen molar-refractivity contribution in [2.24, 2.45) is 5.41 Å². The molecule has 0 spiro atoms. The quantitative estimate of drug-likeness (QED) is 0.770. The van der Waals surface area contributed by atoms with E-state index < -0.39 is 0 Å². The number of aliphatic hydroxyl groups is 1. The van der Waals surface area contributed by atoms with Gasteiger partial charge in [0.1, 0.15) is 5.75 Å². The van der Waals surface area contributed by atoms with Crippen LogP contribution in [0.5, 0.6) is 5.75 Å². The first-order valence-corrected chi connectivity index (χ1v) is 9.46. The van der Waals surface area contributed by atoms with E-state index in [1.807, 2.05) is 0 Å². The summed E-state index contributed by atoms with van der Waals surface area (Å²) < 4.78 is 0. The second-order valence-electron chi connectivity index (χ2n) is 9.94. The van der Waals surface area contributed by atoms with Gasteiger partial charge in [-0.15, -0.1) is 0 Å². The maximum Gasteiger partial charge on any atom is 0.123 e. The van der Waals surface area contributed by atoms with Crippen LogP contribution in [0.4, 0.5) is 0 Å². The molecule has 2 N–H and O–H groups in total. The molecule has 1 aliphatic rings. The molecule has 2 heteroatoms. The van der Waals surface area contributed by atoms with Crippen molar-refractivity contribution >= 4 is 0 Å². The highest BCUT2D eigenvalue weighted by atomic mass is 16.3. The van der Waals surface area contributed by atoms with Crippen LogP contribution in [0.1, 0.15) is 90.3 Å². The second-order valence-corrected chi connectivity index (χ2v) is 9.94. The first-order chi connectivity index (χ1) is 11.0. The van der Waals surface area contributed by atoms with Gasteiger partial charge in [-0.2, -0.15) is 0 Å². The van der Waals surface area contributed by atoms with E-state index in [9.17, 15) is 10.2 Å². The van der Waals surface area contributed by atoms with Crippen molar-refractivity contribution in [3.05, 3.63) is 28.8 Å². The molecule has 0 radical (unpaired) electrons. The molecule has 1 aromatic carbocycles. The Kier molecular flexibility index (Phi) is 5.40. The van der Waals surface area contributed by atoms with Crippen LogP contribution < -0.4 is 0 Å². The molecule has 1 aromatic rings. The lowest BCUT2D eigenvalue weighted by Crippen LogP contribution is -2.31. The van der Waals surface area contributed by atoms with Crippen molar-refractivity contribution in [1.29, 1.82) is 0 Å². The van der Waals surface area contributed by atoms with Gasteiger partial charge in [0.25, 0.3) is 0 Å². The lowest BCUT2D eigenvalue weighted by atomic mass is 9.69. The molecular formula is C22H36O2. The van der Waals surface area contributed by atoms with Crippen LogP contribution in [0.2, 0.25) is 0 Å². The SMILES string of the molecule is CC(C)(C)c1cc(CC2(CO)CCCCC2)cc(C(C)(C)C)c1O. The van der Waals surface area contributed by atoms with Gasteiger partial charge in [0.2, 0.25) is 0 Å². The Hall–Kier alpha value is -1.02. The maximum atomic E-state index is 10.9. The summed E-state index contributed by atoms with van der Waals surface area (Å²) in [6.45, 7) is 13.2. The Morgan fingerprint density at radius 2 is 1.33 bits per heavy atom. The predicted molar refractivity (Wildman–Crippen MR) is 102 cm³/mol. The average molecular weight is 333 g/mol. The number of benzene rings is 1. The molecule has 2 rings (SSSR count). The van der Waals surface area contributed by atoms with Gasteiger partial charge in [-0.05, 0) is 52.2 Å². The first kappa shape index (κ1) is 19.3. The standard InChI is InChI=1S/C22H36O2/c1-20(2,3)17-12-16(13-18(19(17)24)21(4,5)6)14-22(15-23)10-8-7-9-11-22/h12-13,23-24H,7-11,14-15H2,1-6H3. The van der Waals surface area contributed by atoms with Gasteiger partial charge in [0.15, 0.2) is 0 Å². The van der Waals surface area contributed by atoms with Crippen LogP contribution in [0.15, 0.2) is 12.1 Å². The molecule has 0 aromatic heterocycles.